The quantitative estimate of drug-likeness (QED) is 0.623. The van der Waals surface area contributed by atoms with Crippen LogP contribution >= 0.6 is 11.6 Å². The first-order chi connectivity index (χ1) is 10.2. The fourth-order valence-electron chi connectivity index (χ4n) is 3.05. The zero-order valence-electron chi connectivity index (χ0n) is 12.3. The number of para-hydroxylation sites is 1. The molecule has 0 bridgehead atoms. The summed E-state index contributed by atoms with van der Waals surface area (Å²) in [5, 5.41) is 1.86. The van der Waals surface area contributed by atoms with Gasteiger partial charge in [0.05, 0.1) is 10.9 Å². The topological polar surface area (TPSA) is 22.3 Å². The second-order valence-corrected chi connectivity index (χ2v) is 5.92. The van der Waals surface area contributed by atoms with Crippen LogP contribution in [-0.2, 0) is 0 Å². The third kappa shape index (κ3) is 2.08. The van der Waals surface area contributed by atoms with E-state index in [0.717, 1.165) is 17.0 Å². The lowest BCUT2D eigenvalue weighted by Gasteiger charge is -2.02. The lowest BCUT2D eigenvalue weighted by Crippen LogP contribution is -3.00. The highest BCUT2D eigenvalue weighted by Gasteiger charge is 2.31. The maximum Gasteiger partial charge on any atom is 0.233 e. The van der Waals surface area contributed by atoms with E-state index in [0.29, 0.717) is 16.8 Å². The first-order valence-electron chi connectivity index (χ1n) is 7.02. The first-order valence-corrected chi connectivity index (χ1v) is 7.39. The van der Waals surface area contributed by atoms with E-state index in [1.807, 2.05) is 18.2 Å². The Hall–Kier alpha value is -1.71. The zero-order chi connectivity index (χ0) is 14.6. The van der Waals surface area contributed by atoms with Crippen LogP contribution in [-0.4, -0.2) is 6.79 Å². The zero-order valence-corrected chi connectivity index (χ0v) is 13.8. The highest BCUT2D eigenvalue weighted by atomic mass is 35.5. The largest absolute Gasteiger partial charge is 1.00 e. The predicted octanol–water partition coefficient (Wildman–Crippen LogP) is 1.20. The van der Waals surface area contributed by atoms with Gasteiger partial charge in [-0.2, -0.15) is 4.57 Å². The highest BCUT2D eigenvalue weighted by Crippen LogP contribution is 2.42. The van der Waals surface area contributed by atoms with Crippen molar-refractivity contribution in [1.82, 2.24) is 0 Å². The molecule has 4 rings (SSSR count). The Morgan fingerprint density at radius 3 is 2.50 bits per heavy atom. The van der Waals surface area contributed by atoms with Crippen LogP contribution in [0.5, 0.6) is 11.5 Å². The summed E-state index contributed by atoms with van der Waals surface area (Å²) in [7, 11) is 0. The summed E-state index contributed by atoms with van der Waals surface area (Å²) in [6.45, 7) is 4.58. The summed E-state index contributed by atoms with van der Waals surface area (Å²) < 4.78 is 13.3. The molecule has 1 aromatic carbocycles. The van der Waals surface area contributed by atoms with Crippen LogP contribution in [0, 0.1) is 0 Å². The molecule has 3 aliphatic rings. The van der Waals surface area contributed by atoms with Gasteiger partial charge in [0.1, 0.15) is 5.02 Å². The smallest absolute Gasteiger partial charge is 0.233 e. The van der Waals surface area contributed by atoms with Crippen molar-refractivity contribution in [2.24, 2.45) is 0 Å². The second-order valence-electron chi connectivity index (χ2n) is 5.51. The van der Waals surface area contributed by atoms with Crippen molar-refractivity contribution in [2.75, 3.05) is 6.79 Å². The number of hydrogen-bond donors (Lipinski definition) is 0. The molecule has 2 heterocycles. The molecule has 5 heteroatoms. The van der Waals surface area contributed by atoms with Gasteiger partial charge >= 0.3 is 0 Å². The summed E-state index contributed by atoms with van der Waals surface area (Å²) in [4.78, 5) is 0. The summed E-state index contributed by atoms with van der Waals surface area (Å²) in [5.74, 6) is 1.45. The molecular formula is C17H15Cl2NO2. The molecule has 0 aromatic heterocycles. The highest BCUT2D eigenvalue weighted by molar-refractivity contribution is 6.33. The molecule has 0 saturated heterocycles. The maximum atomic E-state index is 6.59. The van der Waals surface area contributed by atoms with Crippen LogP contribution in [0.1, 0.15) is 19.9 Å². The third-order valence-corrected chi connectivity index (χ3v) is 4.19. The fourth-order valence-corrected chi connectivity index (χ4v) is 3.35. The normalized spacial score (nSPS) is 12.9. The van der Waals surface area contributed by atoms with Gasteiger partial charge in [-0.15, -0.1) is 0 Å². The predicted molar refractivity (Wildman–Crippen MR) is 82.3 cm³/mol. The molecule has 0 unspecified atom stereocenters. The maximum absolute atomic E-state index is 6.59. The molecule has 114 valence electrons. The van der Waals surface area contributed by atoms with E-state index in [2.05, 4.69) is 36.6 Å². The Morgan fingerprint density at radius 2 is 1.77 bits per heavy atom. The Morgan fingerprint density at radius 1 is 1.09 bits per heavy atom. The van der Waals surface area contributed by atoms with Crippen molar-refractivity contribution in [3.05, 3.63) is 41.4 Å². The van der Waals surface area contributed by atoms with E-state index in [9.17, 15) is 0 Å². The molecule has 0 fully saturated rings. The van der Waals surface area contributed by atoms with Gasteiger partial charge in [-0.25, -0.2) is 0 Å². The standard InChI is InChI=1S/C17H15ClNO2.ClH/c1-10(2)19-14-6-4-3-5-11(14)12-7-15-16(21-9-20-15)8-13(18)17(12)19;/h3-8,10H,9H2,1-2H3;1H/q+1;/p-1. The van der Waals surface area contributed by atoms with Gasteiger partial charge in [-0.1, -0.05) is 23.7 Å². The minimum Gasteiger partial charge on any atom is -1.00 e. The number of fused-ring (bicyclic) bond motifs is 4. The lowest BCUT2D eigenvalue weighted by molar-refractivity contribution is -0.678. The molecular weight excluding hydrogens is 321 g/mol. The minimum absolute atomic E-state index is 0. The van der Waals surface area contributed by atoms with Crippen LogP contribution in [0.3, 0.4) is 0 Å². The Balaban J connectivity index is 0.00000144. The van der Waals surface area contributed by atoms with Crippen LogP contribution in [0.2, 0.25) is 5.02 Å². The fraction of sp³-hybridized carbons (Fsp3) is 0.235. The molecule has 3 nitrogen and oxygen atoms in total. The number of halogens is 2. The monoisotopic (exact) mass is 335 g/mol. The molecule has 0 radical (unpaired) electrons. The number of nitrogens with zero attached hydrogens (tertiary/aromatic N) is 1. The number of ether oxygens (including phenoxy) is 2. The van der Waals surface area contributed by atoms with Gasteiger partial charge in [0.25, 0.3) is 0 Å². The van der Waals surface area contributed by atoms with E-state index < -0.39 is 0 Å². The molecule has 2 aliphatic heterocycles. The average Bonchev–Trinajstić information content (AvgIpc) is 2.99. The van der Waals surface area contributed by atoms with Crippen molar-refractivity contribution in [1.29, 1.82) is 0 Å². The Bertz CT molecular complexity index is 833. The summed E-state index contributed by atoms with van der Waals surface area (Å²) >= 11 is 6.59. The van der Waals surface area contributed by atoms with Gasteiger partial charge < -0.3 is 21.9 Å². The first kappa shape index (κ1) is 15.2. The van der Waals surface area contributed by atoms with E-state index in [4.69, 9.17) is 21.1 Å². The molecule has 0 N–H and O–H groups in total. The molecule has 1 aliphatic carbocycles. The number of benzene rings is 1. The minimum atomic E-state index is 0. The summed E-state index contributed by atoms with van der Waals surface area (Å²) in [6.07, 6.45) is 0. The molecule has 22 heavy (non-hydrogen) atoms. The summed E-state index contributed by atoms with van der Waals surface area (Å²) in [6, 6.07) is 12.5. The van der Waals surface area contributed by atoms with Gasteiger partial charge in [0.15, 0.2) is 17.5 Å². The van der Waals surface area contributed by atoms with Crippen molar-refractivity contribution < 1.29 is 26.4 Å². The molecule has 0 atom stereocenters. The number of aromatic nitrogens is 1. The van der Waals surface area contributed by atoms with Gasteiger partial charge in [0, 0.05) is 12.1 Å². The van der Waals surface area contributed by atoms with Gasteiger partial charge in [-0.3, -0.25) is 0 Å². The summed E-state index contributed by atoms with van der Waals surface area (Å²) in [5.41, 5.74) is 3.30. The third-order valence-electron chi connectivity index (χ3n) is 3.90. The number of rotatable bonds is 1. The van der Waals surface area contributed by atoms with E-state index >= 15 is 0 Å². The Kier molecular flexibility index (Phi) is 3.79. The van der Waals surface area contributed by atoms with Crippen molar-refractivity contribution >= 4 is 22.5 Å². The van der Waals surface area contributed by atoms with Crippen LogP contribution in [0.25, 0.3) is 22.2 Å². The van der Waals surface area contributed by atoms with Crippen molar-refractivity contribution in [3.63, 3.8) is 0 Å². The average molecular weight is 336 g/mol. The van der Waals surface area contributed by atoms with Crippen molar-refractivity contribution in [3.8, 4) is 22.8 Å². The molecule has 0 spiro atoms. The van der Waals surface area contributed by atoms with E-state index in [-0.39, 0.29) is 19.2 Å². The van der Waals surface area contributed by atoms with Gasteiger partial charge in [0.2, 0.25) is 18.0 Å². The Labute approximate surface area is 140 Å². The lowest BCUT2D eigenvalue weighted by atomic mass is 10.1. The van der Waals surface area contributed by atoms with Crippen LogP contribution in [0.15, 0.2) is 36.4 Å². The molecule has 0 saturated carbocycles. The van der Waals surface area contributed by atoms with Gasteiger partial charge in [-0.05, 0) is 26.0 Å². The van der Waals surface area contributed by atoms with E-state index in [1.165, 1.54) is 10.9 Å². The second kappa shape index (κ2) is 5.49. The molecule has 1 aromatic rings. The van der Waals surface area contributed by atoms with Crippen molar-refractivity contribution in [2.45, 2.75) is 19.9 Å². The molecule has 0 amide bonds. The number of hydrogen-bond acceptors (Lipinski definition) is 2. The van der Waals surface area contributed by atoms with Crippen LogP contribution in [0.4, 0.5) is 0 Å². The SMILES string of the molecule is CC(C)[n+]1c2c(Cl)cc3c(cc-2c2ccccc21)OCO3.[Cl-]. The van der Waals surface area contributed by atoms with Crippen LogP contribution < -0.4 is 26.4 Å². The van der Waals surface area contributed by atoms with E-state index in [1.54, 1.807) is 0 Å².